The summed E-state index contributed by atoms with van der Waals surface area (Å²) in [6.45, 7) is 2.29. The topological polar surface area (TPSA) is 115 Å². The summed E-state index contributed by atoms with van der Waals surface area (Å²) in [5.41, 5.74) is 4.66. The molecule has 0 aliphatic heterocycles. The molecule has 0 saturated carbocycles. The first-order chi connectivity index (χ1) is 10.9. The van der Waals surface area contributed by atoms with Gasteiger partial charge in [0.1, 0.15) is 5.75 Å². The number of nitrogens with one attached hydrogen (secondary N) is 3. The fourth-order valence-corrected chi connectivity index (χ4v) is 1.97. The molecule has 0 radical (unpaired) electrons. The van der Waals surface area contributed by atoms with E-state index in [-0.39, 0.29) is 28.2 Å². The third-order valence-electron chi connectivity index (χ3n) is 2.72. The number of non-ortho nitro benzene ring substituents is 1. The maximum Gasteiger partial charge on any atom is 0.273 e. The van der Waals surface area contributed by atoms with Gasteiger partial charge in [0, 0.05) is 25.3 Å². The van der Waals surface area contributed by atoms with Crippen LogP contribution in [0.5, 0.6) is 5.75 Å². The molecule has 1 aromatic carbocycles. The minimum absolute atomic E-state index is 0.0157. The highest BCUT2D eigenvalue weighted by molar-refractivity contribution is 7.80. The number of amides is 1. The Kier molecular flexibility index (Phi) is 7.16. The van der Waals surface area contributed by atoms with Crippen LogP contribution in [0, 0.1) is 10.1 Å². The molecule has 0 bridgehead atoms. The summed E-state index contributed by atoms with van der Waals surface area (Å²) < 4.78 is 9.98. The first-order valence-corrected chi connectivity index (χ1v) is 6.98. The molecule has 0 aromatic heterocycles. The van der Waals surface area contributed by atoms with Gasteiger partial charge in [-0.05, 0) is 25.2 Å². The van der Waals surface area contributed by atoms with Crippen molar-refractivity contribution in [2.45, 2.75) is 13.0 Å². The lowest BCUT2D eigenvalue weighted by Gasteiger charge is -2.16. The largest absolute Gasteiger partial charge is 0.496 e. The number of benzene rings is 1. The van der Waals surface area contributed by atoms with Gasteiger partial charge in [0.2, 0.25) is 0 Å². The number of hydrazine groups is 1. The minimum Gasteiger partial charge on any atom is -0.496 e. The number of nitro groups is 1. The zero-order valence-corrected chi connectivity index (χ0v) is 13.7. The van der Waals surface area contributed by atoms with Crippen molar-refractivity contribution in [3.8, 4) is 5.75 Å². The maximum atomic E-state index is 12.1. The van der Waals surface area contributed by atoms with Crippen molar-refractivity contribution in [2.75, 3.05) is 20.8 Å². The van der Waals surface area contributed by atoms with Gasteiger partial charge in [-0.2, -0.15) is 0 Å². The maximum absolute atomic E-state index is 12.1. The van der Waals surface area contributed by atoms with Gasteiger partial charge in [0.25, 0.3) is 11.6 Å². The molecule has 126 valence electrons. The number of hydrogen-bond acceptors (Lipinski definition) is 6. The number of rotatable bonds is 6. The second-order valence-electron chi connectivity index (χ2n) is 4.55. The Morgan fingerprint density at radius 3 is 2.65 bits per heavy atom. The fourth-order valence-electron chi connectivity index (χ4n) is 1.72. The molecule has 9 nitrogen and oxygen atoms in total. The first-order valence-electron chi connectivity index (χ1n) is 6.57. The van der Waals surface area contributed by atoms with Crippen LogP contribution in [-0.4, -0.2) is 42.8 Å². The summed E-state index contributed by atoms with van der Waals surface area (Å²) >= 11 is 5.01. The Morgan fingerprint density at radius 2 is 2.09 bits per heavy atom. The van der Waals surface area contributed by atoms with Gasteiger partial charge in [-0.1, -0.05) is 0 Å². The van der Waals surface area contributed by atoms with Gasteiger partial charge < -0.3 is 14.8 Å². The van der Waals surface area contributed by atoms with Crippen molar-refractivity contribution in [2.24, 2.45) is 0 Å². The van der Waals surface area contributed by atoms with Crippen LogP contribution in [0.3, 0.4) is 0 Å². The van der Waals surface area contributed by atoms with E-state index in [1.54, 1.807) is 7.11 Å². The SMILES string of the molecule is COC[C@H](C)NC(=S)NNC(=O)c1cc([N+](=O)[O-])ccc1OC. The molecule has 0 aliphatic rings. The molecule has 0 aliphatic carbocycles. The summed E-state index contributed by atoms with van der Waals surface area (Å²) in [7, 11) is 2.93. The zero-order valence-electron chi connectivity index (χ0n) is 12.9. The summed E-state index contributed by atoms with van der Waals surface area (Å²) in [4.78, 5) is 22.3. The highest BCUT2D eigenvalue weighted by atomic mass is 32.1. The van der Waals surface area contributed by atoms with Crippen molar-refractivity contribution in [1.29, 1.82) is 0 Å². The lowest BCUT2D eigenvalue weighted by atomic mass is 10.1. The van der Waals surface area contributed by atoms with Crippen molar-refractivity contribution in [3.63, 3.8) is 0 Å². The highest BCUT2D eigenvalue weighted by Gasteiger charge is 2.17. The van der Waals surface area contributed by atoms with E-state index in [4.69, 9.17) is 21.7 Å². The number of ether oxygens (including phenoxy) is 2. The Morgan fingerprint density at radius 1 is 1.39 bits per heavy atom. The molecule has 23 heavy (non-hydrogen) atoms. The number of carbonyl (C=O) groups excluding carboxylic acids is 1. The number of nitro benzene ring substituents is 1. The third-order valence-corrected chi connectivity index (χ3v) is 2.94. The number of methoxy groups -OCH3 is 2. The van der Waals surface area contributed by atoms with Crippen LogP contribution in [0.2, 0.25) is 0 Å². The van der Waals surface area contributed by atoms with E-state index in [9.17, 15) is 14.9 Å². The Balaban J connectivity index is 2.72. The molecule has 0 heterocycles. The summed E-state index contributed by atoms with van der Waals surface area (Å²) in [5.74, 6) is -0.407. The van der Waals surface area contributed by atoms with Crippen LogP contribution in [0.1, 0.15) is 17.3 Å². The number of thiocarbonyl (C=S) groups is 1. The summed E-state index contributed by atoms with van der Waals surface area (Å²) in [6.07, 6.45) is 0. The molecule has 1 rings (SSSR count). The van der Waals surface area contributed by atoms with Crippen LogP contribution < -0.4 is 20.9 Å². The zero-order chi connectivity index (χ0) is 17.4. The number of hydrogen-bond donors (Lipinski definition) is 3. The Labute approximate surface area is 138 Å². The van der Waals surface area contributed by atoms with Crippen LogP contribution in [0.4, 0.5) is 5.69 Å². The van der Waals surface area contributed by atoms with Crippen molar-refractivity contribution >= 4 is 28.9 Å². The molecule has 3 N–H and O–H groups in total. The van der Waals surface area contributed by atoms with Crippen LogP contribution in [0.15, 0.2) is 18.2 Å². The monoisotopic (exact) mass is 342 g/mol. The molecule has 0 unspecified atom stereocenters. The summed E-state index contributed by atoms with van der Waals surface area (Å²) in [5, 5.41) is 13.9. The molecule has 1 atom stereocenters. The average Bonchev–Trinajstić information content (AvgIpc) is 2.52. The second kappa shape index (κ2) is 8.86. The lowest BCUT2D eigenvalue weighted by Crippen LogP contribution is -2.50. The predicted molar refractivity (Wildman–Crippen MR) is 87.3 cm³/mol. The highest BCUT2D eigenvalue weighted by Crippen LogP contribution is 2.23. The number of nitrogens with zero attached hydrogens (tertiary/aromatic N) is 1. The van der Waals surface area contributed by atoms with E-state index < -0.39 is 10.8 Å². The fraction of sp³-hybridized carbons (Fsp3) is 0.385. The van der Waals surface area contributed by atoms with Crippen LogP contribution >= 0.6 is 12.2 Å². The first kappa shape index (κ1) is 18.6. The van der Waals surface area contributed by atoms with E-state index in [2.05, 4.69) is 16.2 Å². The standard InChI is InChI=1S/C13H18N4O5S/c1-8(7-21-2)14-13(23)16-15-12(18)10-6-9(17(19)20)4-5-11(10)22-3/h4-6,8H,7H2,1-3H3,(H,15,18)(H2,14,16,23)/t8-/m0/s1. The Bertz CT molecular complexity index is 596. The average molecular weight is 342 g/mol. The molecule has 0 spiro atoms. The van der Waals surface area contributed by atoms with E-state index >= 15 is 0 Å². The van der Waals surface area contributed by atoms with E-state index in [1.807, 2.05) is 6.92 Å². The normalized spacial score (nSPS) is 11.3. The van der Waals surface area contributed by atoms with Gasteiger partial charge >= 0.3 is 0 Å². The van der Waals surface area contributed by atoms with Gasteiger partial charge in [0.15, 0.2) is 5.11 Å². The predicted octanol–water partition coefficient (Wildman–Crippen LogP) is 0.747. The Hall–Kier alpha value is -2.46. The molecular formula is C13H18N4O5S. The molecular weight excluding hydrogens is 324 g/mol. The van der Waals surface area contributed by atoms with Crippen molar-refractivity contribution in [1.82, 2.24) is 16.2 Å². The van der Waals surface area contributed by atoms with Crippen molar-refractivity contribution < 1.29 is 19.2 Å². The molecule has 10 heteroatoms. The summed E-state index contributed by atoms with van der Waals surface area (Å²) in [6, 6.07) is 3.68. The van der Waals surface area contributed by atoms with E-state index in [0.717, 1.165) is 6.07 Å². The quantitative estimate of drug-likeness (QED) is 0.394. The van der Waals surface area contributed by atoms with Crippen molar-refractivity contribution in [3.05, 3.63) is 33.9 Å². The van der Waals surface area contributed by atoms with Crippen LogP contribution in [0.25, 0.3) is 0 Å². The lowest BCUT2D eigenvalue weighted by molar-refractivity contribution is -0.384. The van der Waals surface area contributed by atoms with Gasteiger partial charge in [-0.3, -0.25) is 25.8 Å². The minimum atomic E-state index is -0.617. The van der Waals surface area contributed by atoms with E-state index in [1.165, 1.54) is 19.2 Å². The van der Waals surface area contributed by atoms with E-state index in [0.29, 0.717) is 6.61 Å². The van der Waals surface area contributed by atoms with Gasteiger partial charge in [0.05, 0.1) is 24.2 Å². The smallest absolute Gasteiger partial charge is 0.273 e. The molecule has 0 fully saturated rings. The van der Waals surface area contributed by atoms with Gasteiger partial charge in [-0.25, -0.2) is 0 Å². The van der Waals surface area contributed by atoms with Gasteiger partial charge in [-0.15, -0.1) is 0 Å². The van der Waals surface area contributed by atoms with Crippen LogP contribution in [-0.2, 0) is 4.74 Å². The molecule has 0 saturated heterocycles. The second-order valence-corrected chi connectivity index (χ2v) is 4.96. The third kappa shape index (κ3) is 5.68. The number of carbonyl (C=O) groups is 1. The molecule has 1 amide bonds. The molecule has 1 aromatic rings.